The maximum atomic E-state index is 12.3. The molecule has 0 radical (unpaired) electrons. The Bertz CT molecular complexity index is 520. The predicted octanol–water partition coefficient (Wildman–Crippen LogP) is 1.40. The summed E-state index contributed by atoms with van der Waals surface area (Å²) >= 11 is 0. The van der Waals surface area contributed by atoms with Gasteiger partial charge in [-0.2, -0.15) is 0 Å². The molecule has 0 saturated heterocycles. The molecule has 0 aliphatic heterocycles. The maximum Gasteiger partial charge on any atom is 0.251 e. The molecular weight excluding hydrogens is 318 g/mol. The van der Waals surface area contributed by atoms with Crippen LogP contribution in [0.4, 0.5) is 11.6 Å². The Morgan fingerprint density at radius 2 is 1.88 bits per heavy atom. The van der Waals surface area contributed by atoms with Crippen molar-refractivity contribution in [3.63, 3.8) is 0 Å². The van der Waals surface area contributed by atoms with E-state index in [1.807, 2.05) is 7.05 Å². The monoisotopic (exact) mass is 351 g/mol. The van der Waals surface area contributed by atoms with Crippen LogP contribution >= 0.6 is 0 Å². The third-order valence-corrected chi connectivity index (χ3v) is 4.06. The van der Waals surface area contributed by atoms with Gasteiger partial charge >= 0.3 is 0 Å². The van der Waals surface area contributed by atoms with Gasteiger partial charge in [0.2, 0.25) is 0 Å². The summed E-state index contributed by atoms with van der Waals surface area (Å²) < 4.78 is 0. The number of pyridine rings is 1. The normalized spacial score (nSPS) is 10.8. The van der Waals surface area contributed by atoms with Crippen molar-refractivity contribution in [3.8, 4) is 0 Å². The van der Waals surface area contributed by atoms with Gasteiger partial charge in [0.1, 0.15) is 11.6 Å². The van der Waals surface area contributed by atoms with Crippen LogP contribution in [0.2, 0.25) is 0 Å². The van der Waals surface area contributed by atoms with Crippen LogP contribution in [-0.4, -0.2) is 73.8 Å². The topological polar surface area (TPSA) is 80.7 Å². The molecule has 0 aliphatic rings. The average Bonchev–Trinajstić information content (AvgIpc) is 2.64. The Labute approximate surface area is 151 Å². The highest BCUT2D eigenvalue weighted by atomic mass is 16.3. The zero-order chi connectivity index (χ0) is 18.7. The standard InChI is InChI=1S/C18H33N5O2/c1-5-8-19-16-13-15(18(25)20-9-12-24)14-17(21-16)22(4)10-11-23(6-2)7-3/h13-14,24H,5-12H2,1-4H3,(H,19,21)(H,20,25). The van der Waals surface area contributed by atoms with Gasteiger partial charge in [0, 0.05) is 38.8 Å². The zero-order valence-electron chi connectivity index (χ0n) is 16.0. The first-order chi connectivity index (χ1) is 12.0. The second kappa shape index (κ2) is 11.7. The largest absolute Gasteiger partial charge is 0.395 e. The first-order valence-corrected chi connectivity index (χ1v) is 9.14. The lowest BCUT2D eigenvalue weighted by molar-refractivity contribution is 0.0944. The SMILES string of the molecule is CCCNc1cc(C(=O)NCCO)cc(N(C)CCN(CC)CC)n1. The molecule has 1 rings (SSSR count). The number of rotatable bonds is 12. The quantitative estimate of drug-likeness (QED) is 0.528. The Morgan fingerprint density at radius 1 is 1.16 bits per heavy atom. The number of aliphatic hydroxyl groups excluding tert-OH is 1. The summed E-state index contributed by atoms with van der Waals surface area (Å²) in [6.45, 7) is 11.2. The van der Waals surface area contributed by atoms with E-state index in [4.69, 9.17) is 5.11 Å². The van der Waals surface area contributed by atoms with Crippen molar-refractivity contribution in [1.82, 2.24) is 15.2 Å². The summed E-state index contributed by atoms with van der Waals surface area (Å²) in [5.74, 6) is 1.26. The fourth-order valence-electron chi connectivity index (χ4n) is 2.40. The summed E-state index contributed by atoms with van der Waals surface area (Å²) in [5, 5.41) is 14.8. The minimum atomic E-state index is -0.200. The van der Waals surface area contributed by atoms with E-state index in [2.05, 4.69) is 46.2 Å². The van der Waals surface area contributed by atoms with Crippen LogP contribution in [0, 0.1) is 0 Å². The van der Waals surface area contributed by atoms with E-state index >= 15 is 0 Å². The lowest BCUT2D eigenvalue weighted by Crippen LogP contribution is -2.33. The van der Waals surface area contributed by atoms with Gasteiger partial charge in [0.05, 0.1) is 6.61 Å². The molecule has 1 aromatic heterocycles. The van der Waals surface area contributed by atoms with Crippen LogP contribution in [0.15, 0.2) is 12.1 Å². The molecule has 0 spiro atoms. The number of nitrogens with one attached hydrogen (secondary N) is 2. The van der Waals surface area contributed by atoms with Crippen molar-refractivity contribution in [2.24, 2.45) is 0 Å². The first kappa shape index (κ1) is 21.2. The number of hydrogen-bond donors (Lipinski definition) is 3. The lowest BCUT2D eigenvalue weighted by atomic mass is 10.2. The summed E-state index contributed by atoms with van der Waals surface area (Å²) in [6, 6.07) is 3.55. The molecule has 1 heterocycles. The van der Waals surface area contributed by atoms with E-state index in [0.29, 0.717) is 11.4 Å². The predicted molar refractivity (Wildman–Crippen MR) is 103 cm³/mol. The second-order valence-corrected chi connectivity index (χ2v) is 5.95. The Kier molecular flexibility index (Phi) is 9.87. The minimum absolute atomic E-state index is 0.0750. The average molecular weight is 351 g/mol. The van der Waals surface area contributed by atoms with Gasteiger partial charge in [-0.3, -0.25) is 4.79 Å². The molecule has 0 aromatic carbocycles. The molecule has 1 amide bonds. The third kappa shape index (κ3) is 7.27. The molecule has 0 aliphatic carbocycles. The molecular formula is C18H33N5O2. The number of aliphatic hydroxyl groups is 1. The number of carbonyl (C=O) groups excluding carboxylic acids is 1. The van der Waals surface area contributed by atoms with Crippen molar-refractivity contribution >= 4 is 17.5 Å². The number of anilines is 2. The van der Waals surface area contributed by atoms with Crippen LogP contribution in [0.3, 0.4) is 0 Å². The van der Waals surface area contributed by atoms with Crippen molar-refractivity contribution in [3.05, 3.63) is 17.7 Å². The molecule has 1 aromatic rings. The second-order valence-electron chi connectivity index (χ2n) is 5.95. The minimum Gasteiger partial charge on any atom is -0.395 e. The van der Waals surface area contributed by atoms with Gasteiger partial charge in [-0.1, -0.05) is 20.8 Å². The zero-order valence-corrected chi connectivity index (χ0v) is 16.0. The number of amides is 1. The van der Waals surface area contributed by atoms with E-state index in [1.165, 1.54) is 0 Å². The fourth-order valence-corrected chi connectivity index (χ4v) is 2.40. The number of nitrogens with zero attached hydrogens (tertiary/aromatic N) is 3. The highest BCUT2D eigenvalue weighted by Gasteiger charge is 2.13. The maximum absolute atomic E-state index is 12.3. The van der Waals surface area contributed by atoms with Crippen LogP contribution in [-0.2, 0) is 0 Å². The Morgan fingerprint density at radius 3 is 2.48 bits per heavy atom. The van der Waals surface area contributed by atoms with Crippen LogP contribution in [0.5, 0.6) is 0 Å². The highest BCUT2D eigenvalue weighted by molar-refractivity contribution is 5.95. The van der Waals surface area contributed by atoms with E-state index < -0.39 is 0 Å². The first-order valence-electron chi connectivity index (χ1n) is 9.14. The Hall–Kier alpha value is -1.86. The molecule has 0 fully saturated rings. The van der Waals surface area contributed by atoms with Crippen molar-refractivity contribution in [2.45, 2.75) is 27.2 Å². The summed E-state index contributed by atoms with van der Waals surface area (Å²) in [5.41, 5.74) is 0.548. The molecule has 0 saturated carbocycles. The molecule has 0 unspecified atom stereocenters. The number of hydrogen-bond acceptors (Lipinski definition) is 6. The van der Waals surface area contributed by atoms with Gasteiger partial charge in [-0.05, 0) is 31.6 Å². The molecule has 7 heteroatoms. The summed E-state index contributed by atoms with van der Waals surface area (Å²) in [7, 11) is 1.99. The van der Waals surface area contributed by atoms with E-state index in [-0.39, 0.29) is 19.1 Å². The van der Waals surface area contributed by atoms with Crippen LogP contribution in [0.1, 0.15) is 37.6 Å². The molecule has 25 heavy (non-hydrogen) atoms. The van der Waals surface area contributed by atoms with Gasteiger partial charge in [0.25, 0.3) is 5.91 Å². The fraction of sp³-hybridized carbons (Fsp3) is 0.667. The van der Waals surface area contributed by atoms with Gasteiger partial charge in [0.15, 0.2) is 0 Å². The number of likely N-dealkylation sites (N-methyl/N-ethyl adjacent to an activating group) is 2. The van der Waals surface area contributed by atoms with Gasteiger partial charge < -0.3 is 25.5 Å². The van der Waals surface area contributed by atoms with Crippen molar-refractivity contribution < 1.29 is 9.90 Å². The highest BCUT2D eigenvalue weighted by Crippen LogP contribution is 2.17. The molecule has 3 N–H and O–H groups in total. The molecule has 142 valence electrons. The van der Waals surface area contributed by atoms with E-state index in [0.717, 1.165) is 45.0 Å². The van der Waals surface area contributed by atoms with Crippen molar-refractivity contribution in [1.29, 1.82) is 0 Å². The molecule has 0 bridgehead atoms. The van der Waals surface area contributed by atoms with Crippen LogP contribution in [0.25, 0.3) is 0 Å². The van der Waals surface area contributed by atoms with Crippen LogP contribution < -0.4 is 15.5 Å². The Balaban J connectivity index is 2.92. The summed E-state index contributed by atoms with van der Waals surface area (Å²) in [6.07, 6.45) is 0.982. The number of aromatic nitrogens is 1. The number of carbonyl (C=O) groups is 1. The third-order valence-electron chi connectivity index (χ3n) is 4.06. The van der Waals surface area contributed by atoms with Gasteiger partial charge in [-0.15, -0.1) is 0 Å². The smallest absolute Gasteiger partial charge is 0.251 e. The van der Waals surface area contributed by atoms with Crippen molar-refractivity contribution in [2.75, 3.05) is 63.1 Å². The van der Waals surface area contributed by atoms with E-state index in [1.54, 1.807) is 12.1 Å². The molecule has 7 nitrogen and oxygen atoms in total. The lowest BCUT2D eigenvalue weighted by Gasteiger charge is -2.24. The van der Waals surface area contributed by atoms with Gasteiger partial charge in [-0.25, -0.2) is 4.98 Å². The van der Waals surface area contributed by atoms with E-state index in [9.17, 15) is 4.79 Å². The molecule has 0 atom stereocenters. The summed E-state index contributed by atoms with van der Waals surface area (Å²) in [4.78, 5) is 21.3.